The third kappa shape index (κ3) is 4.31. The van der Waals surface area contributed by atoms with Crippen molar-refractivity contribution in [3.05, 3.63) is 204 Å². The first-order chi connectivity index (χ1) is 27.3. The maximum atomic E-state index is 6.81. The average Bonchev–Trinajstić information content (AvgIpc) is 3.77. The minimum absolute atomic E-state index is 0.604. The van der Waals surface area contributed by atoms with E-state index in [4.69, 9.17) is 14.7 Å². The predicted molar refractivity (Wildman–Crippen MR) is 226 cm³/mol. The fraction of sp³-hybridized carbons (Fsp3) is 0.0196. The SMILES string of the molecule is c1ccc(-c2ccc3c(c2)Oc2ccccc2C32c3ccccc3-c3c(-c4nc(-c5ccc6c(c5)sc5ccccc56)c5ccccc5n4)cccc32)cc1. The molecule has 8 aromatic carbocycles. The molecule has 2 aliphatic rings. The second kappa shape index (κ2) is 11.6. The fourth-order valence-corrected chi connectivity index (χ4v) is 10.4. The van der Waals surface area contributed by atoms with Crippen LogP contribution in [-0.4, -0.2) is 9.97 Å². The zero-order valence-electron chi connectivity index (χ0n) is 29.5. The summed E-state index contributed by atoms with van der Waals surface area (Å²) in [6.07, 6.45) is 0. The first kappa shape index (κ1) is 30.6. The highest BCUT2D eigenvalue weighted by atomic mass is 32.1. The van der Waals surface area contributed by atoms with Gasteiger partial charge in [-0.1, -0.05) is 152 Å². The Kier molecular flexibility index (Phi) is 6.42. The van der Waals surface area contributed by atoms with Gasteiger partial charge in [0.25, 0.3) is 0 Å². The van der Waals surface area contributed by atoms with Gasteiger partial charge in [-0.15, -0.1) is 11.3 Å². The molecule has 55 heavy (non-hydrogen) atoms. The highest BCUT2D eigenvalue weighted by Gasteiger charge is 2.51. The minimum Gasteiger partial charge on any atom is -0.457 e. The molecule has 1 atom stereocenters. The molecular weight excluding hydrogens is 689 g/mol. The third-order valence-electron chi connectivity index (χ3n) is 11.6. The molecule has 256 valence electrons. The Morgan fingerprint density at radius 3 is 2.04 bits per heavy atom. The molecule has 0 bridgehead atoms. The molecule has 1 spiro atoms. The molecule has 3 heterocycles. The fourth-order valence-electron chi connectivity index (χ4n) is 9.24. The van der Waals surface area contributed by atoms with E-state index < -0.39 is 5.41 Å². The van der Waals surface area contributed by atoms with Gasteiger partial charge in [0, 0.05) is 47.8 Å². The van der Waals surface area contributed by atoms with Crippen molar-refractivity contribution in [1.29, 1.82) is 0 Å². The highest BCUT2D eigenvalue weighted by Crippen LogP contribution is 2.63. The van der Waals surface area contributed by atoms with Crippen molar-refractivity contribution in [3.8, 4) is 56.4 Å². The molecule has 1 aliphatic carbocycles. The number of rotatable bonds is 3. The number of ether oxygens (including phenoxy) is 1. The molecule has 1 aliphatic heterocycles. The summed E-state index contributed by atoms with van der Waals surface area (Å²) < 4.78 is 9.36. The van der Waals surface area contributed by atoms with E-state index in [-0.39, 0.29) is 0 Å². The molecular formula is C51H30N2OS. The highest BCUT2D eigenvalue weighted by molar-refractivity contribution is 7.25. The summed E-state index contributed by atoms with van der Waals surface area (Å²) in [7, 11) is 0. The molecule has 0 N–H and O–H groups in total. The van der Waals surface area contributed by atoms with E-state index in [0.717, 1.165) is 67.0 Å². The summed E-state index contributed by atoms with van der Waals surface area (Å²) in [5.74, 6) is 2.46. The molecule has 12 rings (SSSR count). The molecule has 10 aromatic rings. The lowest BCUT2D eigenvalue weighted by molar-refractivity contribution is 0.436. The van der Waals surface area contributed by atoms with Gasteiger partial charge in [0.2, 0.25) is 0 Å². The largest absolute Gasteiger partial charge is 0.457 e. The van der Waals surface area contributed by atoms with Gasteiger partial charge in [-0.2, -0.15) is 0 Å². The molecule has 3 nitrogen and oxygen atoms in total. The number of fused-ring (bicyclic) bond motifs is 13. The second-order valence-corrected chi connectivity index (χ2v) is 15.5. The smallest absolute Gasteiger partial charge is 0.161 e. The Hall–Kier alpha value is -6.88. The van der Waals surface area contributed by atoms with Gasteiger partial charge in [-0.05, 0) is 63.7 Å². The minimum atomic E-state index is -0.604. The lowest BCUT2D eigenvalue weighted by Gasteiger charge is -2.39. The van der Waals surface area contributed by atoms with Gasteiger partial charge in [0.05, 0.1) is 16.6 Å². The standard InChI is InChI=1S/C51H30N2OS/c1-2-13-31(14-3-1)32-26-28-41-45(29-32)54-44-23-10-8-20-40(44)51(41)39-19-7-4-16-36(39)48-38(18-12-21-42(48)51)50-52-43-22-9-5-17-37(43)49(53-50)33-25-27-35-34-15-6-11-24-46(34)55-47(35)30-33/h1-30H. The molecule has 0 fully saturated rings. The number of hydrogen-bond acceptors (Lipinski definition) is 4. The molecule has 4 heteroatoms. The topological polar surface area (TPSA) is 35.0 Å². The summed E-state index contributed by atoms with van der Waals surface area (Å²) in [4.78, 5) is 10.8. The van der Waals surface area contributed by atoms with Crippen LogP contribution >= 0.6 is 11.3 Å². The van der Waals surface area contributed by atoms with Crippen LogP contribution in [0, 0.1) is 0 Å². The van der Waals surface area contributed by atoms with Crippen LogP contribution in [-0.2, 0) is 5.41 Å². The first-order valence-electron chi connectivity index (χ1n) is 18.7. The summed E-state index contributed by atoms with van der Waals surface area (Å²) in [5, 5.41) is 3.61. The normalized spacial score (nSPS) is 15.1. The van der Waals surface area contributed by atoms with Gasteiger partial charge < -0.3 is 4.74 Å². The lowest BCUT2D eigenvalue weighted by atomic mass is 9.66. The summed E-state index contributed by atoms with van der Waals surface area (Å²) in [6.45, 7) is 0. The Balaban J connectivity index is 1.12. The number of aromatic nitrogens is 2. The number of hydrogen-bond donors (Lipinski definition) is 0. The van der Waals surface area contributed by atoms with Crippen molar-refractivity contribution in [2.45, 2.75) is 5.41 Å². The number of benzene rings is 8. The molecule has 1 unspecified atom stereocenters. The van der Waals surface area contributed by atoms with Crippen LogP contribution in [0.5, 0.6) is 11.5 Å². The molecule has 0 radical (unpaired) electrons. The van der Waals surface area contributed by atoms with Crippen LogP contribution in [0.3, 0.4) is 0 Å². The lowest BCUT2D eigenvalue weighted by Crippen LogP contribution is -2.32. The molecule has 2 aromatic heterocycles. The Morgan fingerprint density at radius 1 is 0.418 bits per heavy atom. The van der Waals surface area contributed by atoms with Gasteiger partial charge in [0.15, 0.2) is 5.82 Å². The molecule has 0 saturated heterocycles. The zero-order valence-corrected chi connectivity index (χ0v) is 30.3. The Labute approximate surface area is 321 Å². The quantitative estimate of drug-likeness (QED) is 0.182. The van der Waals surface area contributed by atoms with Crippen molar-refractivity contribution >= 4 is 42.4 Å². The number of para-hydroxylation sites is 2. The number of thiophene rings is 1. The van der Waals surface area contributed by atoms with Crippen LogP contribution in [0.15, 0.2) is 182 Å². The van der Waals surface area contributed by atoms with Crippen LogP contribution < -0.4 is 4.74 Å². The Morgan fingerprint density at radius 2 is 1.11 bits per heavy atom. The van der Waals surface area contributed by atoms with Crippen LogP contribution in [0.1, 0.15) is 22.3 Å². The van der Waals surface area contributed by atoms with Crippen molar-refractivity contribution < 1.29 is 4.74 Å². The van der Waals surface area contributed by atoms with Crippen molar-refractivity contribution in [2.75, 3.05) is 0 Å². The van der Waals surface area contributed by atoms with Crippen molar-refractivity contribution in [1.82, 2.24) is 9.97 Å². The second-order valence-electron chi connectivity index (χ2n) is 14.4. The van der Waals surface area contributed by atoms with Crippen molar-refractivity contribution in [2.24, 2.45) is 0 Å². The van der Waals surface area contributed by atoms with Gasteiger partial charge in [-0.3, -0.25) is 0 Å². The summed E-state index contributed by atoms with van der Waals surface area (Å²) in [5.41, 5.74) is 12.7. The van der Waals surface area contributed by atoms with E-state index >= 15 is 0 Å². The van der Waals surface area contributed by atoms with E-state index in [9.17, 15) is 0 Å². The van der Waals surface area contributed by atoms with Crippen molar-refractivity contribution in [3.63, 3.8) is 0 Å². The van der Waals surface area contributed by atoms with Gasteiger partial charge in [-0.25, -0.2) is 9.97 Å². The van der Waals surface area contributed by atoms with Gasteiger partial charge in [0.1, 0.15) is 11.5 Å². The third-order valence-corrected chi connectivity index (χ3v) is 12.7. The van der Waals surface area contributed by atoms with E-state index in [1.807, 2.05) is 11.3 Å². The summed E-state index contributed by atoms with van der Waals surface area (Å²) >= 11 is 1.83. The monoisotopic (exact) mass is 718 g/mol. The maximum Gasteiger partial charge on any atom is 0.161 e. The van der Waals surface area contributed by atoms with Crippen LogP contribution in [0.4, 0.5) is 0 Å². The maximum absolute atomic E-state index is 6.81. The Bertz CT molecular complexity index is 3200. The van der Waals surface area contributed by atoms with E-state index in [1.54, 1.807) is 0 Å². The predicted octanol–water partition coefficient (Wildman–Crippen LogP) is 13.5. The van der Waals surface area contributed by atoms with Crippen LogP contribution in [0.2, 0.25) is 0 Å². The van der Waals surface area contributed by atoms with Crippen LogP contribution in [0.25, 0.3) is 76.0 Å². The zero-order chi connectivity index (χ0) is 36.1. The van der Waals surface area contributed by atoms with E-state index in [1.165, 1.54) is 36.9 Å². The number of nitrogens with zero attached hydrogens (tertiary/aromatic N) is 2. The van der Waals surface area contributed by atoms with E-state index in [2.05, 4.69) is 182 Å². The van der Waals surface area contributed by atoms with E-state index in [0.29, 0.717) is 5.82 Å². The molecule has 0 amide bonds. The summed E-state index contributed by atoms with van der Waals surface area (Å²) in [6, 6.07) is 65.2. The average molecular weight is 719 g/mol. The van der Waals surface area contributed by atoms with Gasteiger partial charge >= 0.3 is 0 Å². The molecule has 0 saturated carbocycles. The first-order valence-corrected chi connectivity index (χ1v) is 19.5.